The first kappa shape index (κ1) is 16.4. The van der Waals surface area contributed by atoms with Gasteiger partial charge in [-0.15, -0.1) is 0 Å². The van der Waals surface area contributed by atoms with Crippen molar-refractivity contribution in [1.82, 2.24) is 15.6 Å². The Balaban J connectivity index is 2.30. The Kier molecular flexibility index (Phi) is 5.94. The number of pyridine rings is 1. The van der Waals surface area contributed by atoms with E-state index in [0.29, 0.717) is 16.7 Å². The maximum atomic E-state index is 11.8. The van der Waals surface area contributed by atoms with Crippen molar-refractivity contribution in [2.75, 3.05) is 13.1 Å². The van der Waals surface area contributed by atoms with Crippen LogP contribution in [0, 0.1) is 0 Å². The number of carbonyl (C=O) groups is 2. The number of hydrogen-bond donors (Lipinski definition) is 2. The second-order valence-corrected chi connectivity index (χ2v) is 5.87. The second kappa shape index (κ2) is 7.23. The molecule has 0 aliphatic rings. The summed E-state index contributed by atoms with van der Waals surface area (Å²) in [6.07, 6.45) is 1.03. The average Bonchev–Trinajstić information content (AvgIpc) is 2.33. The summed E-state index contributed by atoms with van der Waals surface area (Å²) in [4.78, 5) is 27.1. The van der Waals surface area contributed by atoms with Crippen LogP contribution in [0.4, 0.5) is 4.79 Å². The summed E-state index contributed by atoms with van der Waals surface area (Å²) in [5, 5.41) is 5.21. The SMILES string of the molecule is CC(C)(C)OC(=O)NCCNC(=O)c1ncccc1Br. The van der Waals surface area contributed by atoms with Gasteiger partial charge < -0.3 is 15.4 Å². The van der Waals surface area contributed by atoms with Gasteiger partial charge in [-0.25, -0.2) is 9.78 Å². The molecule has 0 bridgehead atoms. The van der Waals surface area contributed by atoms with E-state index in [1.54, 1.807) is 39.1 Å². The smallest absolute Gasteiger partial charge is 0.407 e. The summed E-state index contributed by atoms with van der Waals surface area (Å²) in [6, 6.07) is 3.46. The minimum atomic E-state index is -0.536. The number of ether oxygens (including phenoxy) is 1. The van der Waals surface area contributed by atoms with Gasteiger partial charge in [0.25, 0.3) is 5.91 Å². The van der Waals surface area contributed by atoms with Crippen molar-refractivity contribution in [3.63, 3.8) is 0 Å². The molecule has 0 unspecified atom stereocenters. The molecule has 0 radical (unpaired) electrons. The minimum absolute atomic E-state index is 0.283. The number of amides is 2. The van der Waals surface area contributed by atoms with E-state index in [1.807, 2.05) is 0 Å². The predicted octanol–water partition coefficient (Wildman–Crippen LogP) is 2.10. The van der Waals surface area contributed by atoms with Crippen LogP contribution in [0.25, 0.3) is 0 Å². The van der Waals surface area contributed by atoms with Crippen molar-refractivity contribution in [1.29, 1.82) is 0 Å². The molecule has 0 saturated heterocycles. The first-order valence-electron chi connectivity index (χ1n) is 6.15. The van der Waals surface area contributed by atoms with E-state index in [9.17, 15) is 9.59 Å². The number of aromatic nitrogens is 1. The maximum Gasteiger partial charge on any atom is 0.407 e. The summed E-state index contributed by atoms with van der Waals surface area (Å²) < 4.78 is 5.69. The van der Waals surface area contributed by atoms with Gasteiger partial charge in [-0.1, -0.05) is 0 Å². The standard InChI is InChI=1S/C13H18BrN3O3/c1-13(2,3)20-12(19)17-8-7-16-11(18)10-9(14)5-4-6-15-10/h4-6H,7-8H2,1-3H3,(H,16,18)(H,17,19). The quantitative estimate of drug-likeness (QED) is 0.820. The zero-order chi connectivity index (χ0) is 15.2. The molecule has 0 aromatic carbocycles. The van der Waals surface area contributed by atoms with E-state index in [0.717, 1.165) is 0 Å². The van der Waals surface area contributed by atoms with E-state index in [1.165, 1.54) is 0 Å². The summed E-state index contributed by atoms with van der Waals surface area (Å²) in [5.41, 5.74) is -0.226. The molecule has 0 spiro atoms. The van der Waals surface area contributed by atoms with Crippen molar-refractivity contribution < 1.29 is 14.3 Å². The Morgan fingerprint density at radius 1 is 1.30 bits per heavy atom. The molecule has 20 heavy (non-hydrogen) atoms. The van der Waals surface area contributed by atoms with Gasteiger partial charge in [-0.2, -0.15) is 0 Å². The lowest BCUT2D eigenvalue weighted by atomic mass is 10.2. The summed E-state index contributed by atoms with van der Waals surface area (Å²) in [5.74, 6) is -0.302. The van der Waals surface area contributed by atoms with Crippen LogP contribution in [0.15, 0.2) is 22.8 Å². The van der Waals surface area contributed by atoms with Crippen LogP contribution < -0.4 is 10.6 Å². The fourth-order valence-corrected chi connectivity index (χ4v) is 1.73. The summed E-state index contributed by atoms with van der Waals surface area (Å²) in [6.45, 7) is 5.93. The average molecular weight is 344 g/mol. The molecular formula is C13H18BrN3O3. The van der Waals surface area contributed by atoms with Gasteiger partial charge in [0.2, 0.25) is 0 Å². The van der Waals surface area contributed by atoms with Gasteiger partial charge in [0.1, 0.15) is 11.3 Å². The maximum absolute atomic E-state index is 11.8. The number of alkyl carbamates (subject to hydrolysis) is 1. The van der Waals surface area contributed by atoms with Gasteiger partial charge in [0, 0.05) is 23.8 Å². The highest BCUT2D eigenvalue weighted by Gasteiger charge is 2.15. The van der Waals surface area contributed by atoms with Crippen LogP contribution in [0.3, 0.4) is 0 Å². The van der Waals surface area contributed by atoms with Crippen molar-refractivity contribution in [2.24, 2.45) is 0 Å². The molecule has 1 aromatic heterocycles. The van der Waals surface area contributed by atoms with Crippen LogP contribution >= 0.6 is 15.9 Å². The minimum Gasteiger partial charge on any atom is -0.444 e. The number of nitrogens with zero attached hydrogens (tertiary/aromatic N) is 1. The fraction of sp³-hybridized carbons (Fsp3) is 0.462. The predicted molar refractivity (Wildman–Crippen MR) is 78.5 cm³/mol. The first-order valence-corrected chi connectivity index (χ1v) is 6.94. The molecule has 110 valence electrons. The van der Waals surface area contributed by atoms with E-state index < -0.39 is 11.7 Å². The number of rotatable bonds is 4. The fourth-order valence-electron chi connectivity index (χ4n) is 1.29. The Morgan fingerprint density at radius 2 is 1.95 bits per heavy atom. The van der Waals surface area contributed by atoms with Crippen LogP contribution in [-0.2, 0) is 4.74 Å². The normalized spacial score (nSPS) is 10.8. The third-order valence-electron chi connectivity index (χ3n) is 2.05. The number of hydrogen-bond acceptors (Lipinski definition) is 4. The van der Waals surface area contributed by atoms with Crippen LogP contribution in [-0.4, -0.2) is 35.7 Å². The Labute approximate surface area is 126 Å². The molecular weight excluding hydrogens is 326 g/mol. The largest absolute Gasteiger partial charge is 0.444 e. The van der Waals surface area contributed by atoms with E-state index in [2.05, 4.69) is 31.5 Å². The Morgan fingerprint density at radius 3 is 2.55 bits per heavy atom. The van der Waals surface area contributed by atoms with E-state index >= 15 is 0 Å². The molecule has 2 amide bonds. The first-order chi connectivity index (χ1) is 9.29. The molecule has 0 atom stereocenters. The lowest BCUT2D eigenvalue weighted by Crippen LogP contribution is -2.38. The van der Waals surface area contributed by atoms with Crippen LogP contribution in [0.5, 0.6) is 0 Å². The Bertz CT molecular complexity index is 486. The van der Waals surface area contributed by atoms with Crippen molar-refractivity contribution in [3.8, 4) is 0 Å². The lowest BCUT2D eigenvalue weighted by molar-refractivity contribution is 0.0526. The molecule has 0 fully saturated rings. The molecule has 1 rings (SSSR count). The topological polar surface area (TPSA) is 80.3 Å². The number of carbonyl (C=O) groups excluding carboxylic acids is 2. The van der Waals surface area contributed by atoms with E-state index in [-0.39, 0.29) is 12.5 Å². The van der Waals surface area contributed by atoms with Gasteiger partial charge in [-0.05, 0) is 48.8 Å². The molecule has 7 heteroatoms. The van der Waals surface area contributed by atoms with Gasteiger partial charge in [0.15, 0.2) is 0 Å². The van der Waals surface area contributed by atoms with Gasteiger partial charge in [0.05, 0.1) is 0 Å². The van der Waals surface area contributed by atoms with Crippen LogP contribution in [0.2, 0.25) is 0 Å². The summed E-state index contributed by atoms with van der Waals surface area (Å²) in [7, 11) is 0. The molecule has 2 N–H and O–H groups in total. The van der Waals surface area contributed by atoms with Gasteiger partial charge >= 0.3 is 6.09 Å². The summed E-state index contributed by atoms with van der Waals surface area (Å²) >= 11 is 3.25. The lowest BCUT2D eigenvalue weighted by Gasteiger charge is -2.19. The Hall–Kier alpha value is -1.63. The molecule has 0 aliphatic carbocycles. The van der Waals surface area contributed by atoms with Crippen molar-refractivity contribution >= 4 is 27.9 Å². The van der Waals surface area contributed by atoms with Crippen LogP contribution in [0.1, 0.15) is 31.3 Å². The highest BCUT2D eigenvalue weighted by molar-refractivity contribution is 9.10. The molecule has 0 aliphatic heterocycles. The van der Waals surface area contributed by atoms with Crippen molar-refractivity contribution in [3.05, 3.63) is 28.5 Å². The second-order valence-electron chi connectivity index (χ2n) is 5.02. The molecule has 6 nitrogen and oxygen atoms in total. The molecule has 1 heterocycles. The highest BCUT2D eigenvalue weighted by atomic mass is 79.9. The number of halogens is 1. The molecule has 0 saturated carbocycles. The zero-order valence-corrected chi connectivity index (χ0v) is 13.3. The third kappa shape index (κ3) is 6.01. The highest BCUT2D eigenvalue weighted by Crippen LogP contribution is 2.12. The van der Waals surface area contributed by atoms with E-state index in [4.69, 9.17) is 4.74 Å². The molecule has 1 aromatic rings. The zero-order valence-electron chi connectivity index (χ0n) is 11.7. The number of nitrogens with one attached hydrogen (secondary N) is 2. The monoisotopic (exact) mass is 343 g/mol. The van der Waals surface area contributed by atoms with Gasteiger partial charge in [-0.3, -0.25) is 4.79 Å². The third-order valence-corrected chi connectivity index (χ3v) is 2.69. The van der Waals surface area contributed by atoms with Crippen molar-refractivity contribution in [2.45, 2.75) is 26.4 Å².